The molecule has 5 heteroatoms. The van der Waals surface area contributed by atoms with E-state index in [1.165, 1.54) is 6.07 Å². The average Bonchev–Trinajstić information content (AvgIpc) is 2.70. The van der Waals surface area contributed by atoms with Crippen molar-refractivity contribution in [2.75, 3.05) is 6.54 Å². The number of hydrogen-bond acceptors (Lipinski definition) is 4. The van der Waals surface area contributed by atoms with Gasteiger partial charge in [0.2, 0.25) is 0 Å². The van der Waals surface area contributed by atoms with Crippen LogP contribution in [0.15, 0.2) is 29.4 Å². The van der Waals surface area contributed by atoms with Crippen LogP contribution in [-0.2, 0) is 0 Å². The first-order valence-corrected chi connectivity index (χ1v) is 4.32. The first-order valence-electron chi connectivity index (χ1n) is 4.32. The van der Waals surface area contributed by atoms with E-state index in [0.717, 1.165) is 18.7 Å². The van der Waals surface area contributed by atoms with Crippen LogP contribution in [0.25, 0.3) is 0 Å². The van der Waals surface area contributed by atoms with Gasteiger partial charge in [0.05, 0.1) is 16.2 Å². The molecule has 0 fully saturated rings. The van der Waals surface area contributed by atoms with Crippen molar-refractivity contribution in [2.45, 2.75) is 6.42 Å². The summed E-state index contributed by atoms with van der Waals surface area (Å²) in [5.41, 5.74) is 4.30. The van der Waals surface area contributed by atoms with E-state index in [2.05, 4.69) is 10.5 Å². The molecule has 1 aliphatic heterocycles. The number of nitrogens with one attached hydrogen (secondary N) is 1. The SMILES string of the molecule is O=[N+]([O-])c1ccccc1C1=NNCC1. The molecule has 72 valence electrons. The normalized spacial score (nSPS) is 14.7. The average molecular weight is 191 g/mol. The van der Waals surface area contributed by atoms with Crippen molar-refractivity contribution >= 4 is 11.4 Å². The van der Waals surface area contributed by atoms with Crippen molar-refractivity contribution in [3.8, 4) is 0 Å². The predicted molar refractivity (Wildman–Crippen MR) is 52.3 cm³/mol. The third kappa shape index (κ3) is 1.44. The van der Waals surface area contributed by atoms with Crippen molar-refractivity contribution in [1.82, 2.24) is 5.43 Å². The van der Waals surface area contributed by atoms with Crippen LogP contribution in [0.1, 0.15) is 12.0 Å². The number of hydrazone groups is 1. The molecule has 1 aliphatic rings. The number of nitro groups is 1. The van der Waals surface area contributed by atoms with Gasteiger partial charge in [0.1, 0.15) is 0 Å². The summed E-state index contributed by atoms with van der Waals surface area (Å²) in [6.45, 7) is 0.751. The Labute approximate surface area is 80.6 Å². The van der Waals surface area contributed by atoms with Gasteiger partial charge in [-0.05, 0) is 6.07 Å². The molecule has 0 aliphatic carbocycles. The quantitative estimate of drug-likeness (QED) is 0.565. The summed E-state index contributed by atoms with van der Waals surface area (Å²) in [5, 5.41) is 14.7. The molecule has 0 saturated heterocycles. The second-order valence-corrected chi connectivity index (χ2v) is 2.99. The number of para-hydroxylation sites is 1. The van der Waals surface area contributed by atoms with Crippen LogP contribution < -0.4 is 5.43 Å². The van der Waals surface area contributed by atoms with Gasteiger partial charge in [-0.3, -0.25) is 10.1 Å². The third-order valence-electron chi connectivity index (χ3n) is 2.10. The summed E-state index contributed by atoms with van der Waals surface area (Å²) in [6, 6.07) is 6.66. The second-order valence-electron chi connectivity index (χ2n) is 2.99. The molecule has 0 spiro atoms. The lowest BCUT2D eigenvalue weighted by Gasteiger charge is -1.99. The topological polar surface area (TPSA) is 67.5 Å². The maximum atomic E-state index is 10.7. The molecule has 5 nitrogen and oxygen atoms in total. The van der Waals surface area contributed by atoms with Gasteiger partial charge in [0.25, 0.3) is 5.69 Å². The Balaban J connectivity index is 2.46. The monoisotopic (exact) mass is 191 g/mol. The van der Waals surface area contributed by atoms with Crippen LogP contribution in [-0.4, -0.2) is 17.2 Å². The number of rotatable bonds is 2. The molecule has 14 heavy (non-hydrogen) atoms. The van der Waals surface area contributed by atoms with Crippen molar-refractivity contribution < 1.29 is 4.92 Å². The minimum absolute atomic E-state index is 0.120. The summed E-state index contributed by atoms with van der Waals surface area (Å²) < 4.78 is 0. The lowest BCUT2D eigenvalue weighted by Crippen LogP contribution is -2.02. The molecular formula is C9H9N3O2. The summed E-state index contributed by atoms with van der Waals surface area (Å²) in [6.07, 6.45) is 0.741. The zero-order valence-corrected chi connectivity index (χ0v) is 7.43. The molecular weight excluding hydrogens is 182 g/mol. The first kappa shape index (κ1) is 8.68. The van der Waals surface area contributed by atoms with Crippen LogP contribution in [0.5, 0.6) is 0 Å². The molecule has 1 N–H and O–H groups in total. The molecule has 1 heterocycles. The van der Waals surface area contributed by atoms with Crippen LogP contribution in [0, 0.1) is 10.1 Å². The summed E-state index contributed by atoms with van der Waals surface area (Å²) >= 11 is 0. The zero-order chi connectivity index (χ0) is 9.97. The number of nitrogens with zero attached hydrogens (tertiary/aromatic N) is 2. The Morgan fingerprint density at radius 2 is 2.21 bits per heavy atom. The fourth-order valence-electron chi connectivity index (χ4n) is 1.45. The summed E-state index contributed by atoms with van der Waals surface area (Å²) in [5.74, 6) is 0. The van der Waals surface area contributed by atoms with E-state index in [1.807, 2.05) is 0 Å². The number of nitro benzene ring substituents is 1. The van der Waals surface area contributed by atoms with E-state index >= 15 is 0 Å². The van der Waals surface area contributed by atoms with Crippen molar-refractivity contribution in [1.29, 1.82) is 0 Å². The van der Waals surface area contributed by atoms with E-state index in [4.69, 9.17) is 0 Å². The minimum Gasteiger partial charge on any atom is -0.309 e. The molecule has 0 radical (unpaired) electrons. The largest absolute Gasteiger partial charge is 0.309 e. The van der Waals surface area contributed by atoms with Crippen LogP contribution in [0.3, 0.4) is 0 Å². The Bertz CT molecular complexity index is 401. The Hall–Kier alpha value is -1.91. The smallest absolute Gasteiger partial charge is 0.278 e. The van der Waals surface area contributed by atoms with Crippen molar-refractivity contribution in [3.63, 3.8) is 0 Å². The van der Waals surface area contributed by atoms with Gasteiger partial charge in [-0.1, -0.05) is 12.1 Å². The molecule has 0 unspecified atom stereocenters. The summed E-state index contributed by atoms with van der Waals surface area (Å²) in [4.78, 5) is 10.3. The molecule has 2 rings (SSSR count). The van der Waals surface area contributed by atoms with E-state index in [1.54, 1.807) is 18.2 Å². The van der Waals surface area contributed by atoms with Gasteiger partial charge in [-0.15, -0.1) is 0 Å². The molecule has 0 atom stereocenters. The fourth-order valence-corrected chi connectivity index (χ4v) is 1.45. The molecule has 1 aromatic carbocycles. The minimum atomic E-state index is -0.379. The Kier molecular flexibility index (Phi) is 2.14. The first-order chi connectivity index (χ1) is 6.79. The van der Waals surface area contributed by atoms with Gasteiger partial charge < -0.3 is 5.43 Å². The number of hydrogen-bond donors (Lipinski definition) is 1. The van der Waals surface area contributed by atoms with Crippen LogP contribution in [0.4, 0.5) is 5.69 Å². The lowest BCUT2D eigenvalue weighted by atomic mass is 10.1. The lowest BCUT2D eigenvalue weighted by molar-refractivity contribution is -0.385. The van der Waals surface area contributed by atoms with E-state index < -0.39 is 0 Å². The summed E-state index contributed by atoms with van der Waals surface area (Å²) in [7, 11) is 0. The highest BCUT2D eigenvalue weighted by molar-refractivity contribution is 6.04. The predicted octanol–water partition coefficient (Wildman–Crippen LogP) is 1.29. The second kappa shape index (κ2) is 3.45. The highest BCUT2D eigenvalue weighted by atomic mass is 16.6. The van der Waals surface area contributed by atoms with Gasteiger partial charge in [-0.2, -0.15) is 5.10 Å². The van der Waals surface area contributed by atoms with Crippen molar-refractivity contribution in [3.05, 3.63) is 39.9 Å². The Morgan fingerprint density at radius 3 is 2.86 bits per heavy atom. The van der Waals surface area contributed by atoms with E-state index in [0.29, 0.717) is 5.56 Å². The maximum absolute atomic E-state index is 10.7. The van der Waals surface area contributed by atoms with Gasteiger partial charge in [0, 0.05) is 19.0 Å². The number of benzene rings is 1. The molecule has 0 amide bonds. The van der Waals surface area contributed by atoms with Gasteiger partial charge in [-0.25, -0.2) is 0 Å². The Morgan fingerprint density at radius 1 is 1.43 bits per heavy atom. The van der Waals surface area contributed by atoms with Crippen molar-refractivity contribution in [2.24, 2.45) is 5.10 Å². The maximum Gasteiger partial charge on any atom is 0.278 e. The molecule has 0 aromatic heterocycles. The highest BCUT2D eigenvalue weighted by Crippen LogP contribution is 2.20. The van der Waals surface area contributed by atoms with Gasteiger partial charge >= 0.3 is 0 Å². The third-order valence-corrected chi connectivity index (χ3v) is 2.10. The zero-order valence-electron chi connectivity index (χ0n) is 7.43. The standard InChI is InChI=1S/C9H9N3O2/c13-12(14)9-4-2-1-3-7(9)8-5-6-10-11-8/h1-4,10H,5-6H2. The fraction of sp³-hybridized carbons (Fsp3) is 0.222. The van der Waals surface area contributed by atoms with E-state index in [9.17, 15) is 10.1 Å². The van der Waals surface area contributed by atoms with Crippen LogP contribution in [0.2, 0.25) is 0 Å². The molecule has 0 saturated carbocycles. The highest BCUT2D eigenvalue weighted by Gasteiger charge is 2.19. The molecule has 0 bridgehead atoms. The van der Waals surface area contributed by atoms with Gasteiger partial charge in [0.15, 0.2) is 0 Å². The molecule has 1 aromatic rings. The van der Waals surface area contributed by atoms with E-state index in [-0.39, 0.29) is 10.6 Å². The van der Waals surface area contributed by atoms with Crippen LogP contribution >= 0.6 is 0 Å².